The maximum atomic E-state index is 13.1. The molecular formula is C22H19FN2O3. The van der Waals surface area contributed by atoms with Crippen LogP contribution in [-0.4, -0.2) is 17.6 Å². The van der Waals surface area contributed by atoms with Crippen molar-refractivity contribution in [2.24, 2.45) is 5.92 Å². The Kier molecular flexibility index (Phi) is 4.77. The zero-order valence-corrected chi connectivity index (χ0v) is 15.1. The summed E-state index contributed by atoms with van der Waals surface area (Å²) in [4.78, 5) is 37.9. The van der Waals surface area contributed by atoms with Crippen LogP contribution in [-0.2, 0) is 14.4 Å². The molecule has 2 atom stereocenters. The van der Waals surface area contributed by atoms with Gasteiger partial charge in [-0.05, 0) is 42.2 Å². The van der Waals surface area contributed by atoms with Crippen molar-refractivity contribution in [3.63, 3.8) is 0 Å². The van der Waals surface area contributed by atoms with Crippen LogP contribution in [0.15, 0.2) is 65.9 Å². The number of halogens is 1. The van der Waals surface area contributed by atoms with E-state index >= 15 is 0 Å². The molecule has 0 fully saturated rings. The Morgan fingerprint density at radius 2 is 1.68 bits per heavy atom. The van der Waals surface area contributed by atoms with Gasteiger partial charge in [0.1, 0.15) is 5.82 Å². The van der Waals surface area contributed by atoms with E-state index in [0.29, 0.717) is 29.8 Å². The molecule has 0 aromatic heterocycles. The number of nitrogens with one attached hydrogen (secondary N) is 2. The van der Waals surface area contributed by atoms with Gasteiger partial charge in [0.25, 0.3) is 0 Å². The van der Waals surface area contributed by atoms with Crippen LogP contribution >= 0.6 is 0 Å². The summed E-state index contributed by atoms with van der Waals surface area (Å²) < 4.78 is 13.1. The third-order valence-corrected chi connectivity index (χ3v) is 5.24. The fourth-order valence-corrected chi connectivity index (χ4v) is 3.91. The number of anilines is 1. The quantitative estimate of drug-likeness (QED) is 0.861. The first kappa shape index (κ1) is 18.1. The normalized spacial score (nSPS) is 21.8. The Morgan fingerprint density at radius 1 is 0.964 bits per heavy atom. The second kappa shape index (κ2) is 7.38. The van der Waals surface area contributed by atoms with Gasteiger partial charge in [0.15, 0.2) is 5.78 Å². The Bertz CT molecular complexity index is 967. The molecule has 0 radical (unpaired) electrons. The van der Waals surface area contributed by atoms with Crippen molar-refractivity contribution in [3.8, 4) is 0 Å². The predicted molar refractivity (Wildman–Crippen MR) is 102 cm³/mol. The fourth-order valence-electron chi connectivity index (χ4n) is 3.91. The summed E-state index contributed by atoms with van der Waals surface area (Å²) in [6, 6.07) is 15.0. The van der Waals surface area contributed by atoms with Gasteiger partial charge in [-0.1, -0.05) is 30.3 Å². The highest BCUT2D eigenvalue weighted by atomic mass is 19.1. The highest BCUT2D eigenvalue weighted by molar-refractivity contribution is 6.09. The molecule has 2 aromatic rings. The number of hydrogen-bond donors (Lipinski definition) is 2. The first-order valence-corrected chi connectivity index (χ1v) is 9.18. The van der Waals surface area contributed by atoms with Gasteiger partial charge < -0.3 is 10.6 Å². The number of hydrogen-bond acceptors (Lipinski definition) is 3. The molecule has 0 saturated heterocycles. The van der Waals surface area contributed by atoms with E-state index in [1.54, 1.807) is 0 Å². The number of Topliss-reactive ketones (excluding diaryl/α,β-unsaturated/α-hetero) is 1. The van der Waals surface area contributed by atoms with Gasteiger partial charge in [0.05, 0.1) is 5.92 Å². The molecule has 28 heavy (non-hydrogen) atoms. The molecule has 2 aliphatic rings. The Morgan fingerprint density at radius 3 is 2.39 bits per heavy atom. The van der Waals surface area contributed by atoms with E-state index in [2.05, 4.69) is 10.6 Å². The molecule has 1 heterocycles. The molecule has 0 saturated carbocycles. The minimum atomic E-state index is -0.835. The molecule has 5 nitrogen and oxygen atoms in total. The van der Waals surface area contributed by atoms with Crippen LogP contribution in [0.2, 0.25) is 0 Å². The Hall–Kier alpha value is -3.28. The van der Waals surface area contributed by atoms with Crippen molar-refractivity contribution < 1.29 is 18.8 Å². The van der Waals surface area contributed by atoms with Gasteiger partial charge in [-0.15, -0.1) is 0 Å². The largest absolute Gasteiger partial charge is 0.329 e. The van der Waals surface area contributed by atoms with Crippen molar-refractivity contribution in [1.29, 1.82) is 0 Å². The summed E-state index contributed by atoms with van der Waals surface area (Å²) in [6.07, 6.45) is 0.740. The lowest BCUT2D eigenvalue weighted by Gasteiger charge is -2.33. The molecule has 2 aromatic carbocycles. The molecular weight excluding hydrogens is 359 g/mol. The smallest absolute Gasteiger partial charge is 0.232 e. The van der Waals surface area contributed by atoms with Gasteiger partial charge >= 0.3 is 0 Å². The lowest BCUT2D eigenvalue weighted by Crippen LogP contribution is -2.43. The summed E-state index contributed by atoms with van der Waals surface area (Å²) >= 11 is 0. The molecule has 142 valence electrons. The SMILES string of the molecule is O=C1C[C@@H](C(=O)Nc2ccc(F)cc2)C2=C(C[C@H](c3ccccc3)CC2=O)N1. The van der Waals surface area contributed by atoms with Crippen molar-refractivity contribution in [2.45, 2.75) is 25.2 Å². The summed E-state index contributed by atoms with van der Waals surface area (Å²) in [5, 5.41) is 5.48. The van der Waals surface area contributed by atoms with E-state index in [1.165, 1.54) is 24.3 Å². The molecule has 1 aliphatic carbocycles. The Labute approximate surface area is 161 Å². The van der Waals surface area contributed by atoms with Crippen molar-refractivity contribution in [2.75, 3.05) is 5.32 Å². The molecule has 2 amide bonds. The molecule has 6 heteroatoms. The zero-order chi connectivity index (χ0) is 19.7. The molecule has 1 aliphatic heterocycles. The summed E-state index contributed by atoms with van der Waals surface area (Å²) in [5.74, 6) is -2.09. The molecule has 2 N–H and O–H groups in total. The van der Waals surface area contributed by atoms with Crippen LogP contribution in [0, 0.1) is 11.7 Å². The topological polar surface area (TPSA) is 75.3 Å². The third-order valence-electron chi connectivity index (χ3n) is 5.24. The lowest BCUT2D eigenvalue weighted by atomic mass is 9.75. The van der Waals surface area contributed by atoms with Gasteiger partial charge in [0.2, 0.25) is 11.8 Å². The first-order valence-electron chi connectivity index (χ1n) is 9.18. The van der Waals surface area contributed by atoms with Crippen LogP contribution in [0.4, 0.5) is 10.1 Å². The van der Waals surface area contributed by atoms with Crippen molar-refractivity contribution in [1.82, 2.24) is 5.32 Å². The number of carbonyl (C=O) groups excluding carboxylic acids is 3. The van der Waals surface area contributed by atoms with Gasteiger partial charge in [-0.2, -0.15) is 0 Å². The van der Waals surface area contributed by atoms with Crippen molar-refractivity contribution >= 4 is 23.3 Å². The highest BCUT2D eigenvalue weighted by Crippen LogP contribution is 2.39. The van der Waals surface area contributed by atoms with Gasteiger partial charge in [-0.25, -0.2) is 4.39 Å². The van der Waals surface area contributed by atoms with Crippen molar-refractivity contribution in [3.05, 3.63) is 77.2 Å². The summed E-state index contributed by atoms with van der Waals surface area (Å²) in [5.41, 5.74) is 2.39. The maximum Gasteiger partial charge on any atom is 0.232 e. The van der Waals surface area contributed by atoms with Gasteiger partial charge in [-0.3, -0.25) is 14.4 Å². The number of allylic oxidation sites excluding steroid dienone is 1. The minimum absolute atomic E-state index is 0.0216. The van der Waals surface area contributed by atoms with E-state index in [4.69, 9.17) is 0 Å². The fraction of sp³-hybridized carbons (Fsp3) is 0.227. The second-order valence-electron chi connectivity index (χ2n) is 7.13. The molecule has 4 rings (SSSR count). The number of benzene rings is 2. The van der Waals surface area contributed by atoms with Crippen LogP contribution in [0.1, 0.15) is 30.7 Å². The van der Waals surface area contributed by atoms with E-state index in [0.717, 1.165) is 5.56 Å². The van der Waals surface area contributed by atoms with Crippen LogP contribution in [0.25, 0.3) is 0 Å². The second-order valence-corrected chi connectivity index (χ2v) is 7.13. The van der Waals surface area contributed by atoms with E-state index in [1.807, 2.05) is 30.3 Å². The standard InChI is InChI=1S/C22H19FN2O3/c23-15-6-8-16(9-7-15)24-22(28)17-12-20(27)25-18-10-14(11-19(26)21(17)18)13-4-2-1-3-5-13/h1-9,14,17H,10-12H2,(H,24,28)(H,25,27)/t14-,17+/m0/s1. The van der Waals surface area contributed by atoms with Crippen LogP contribution in [0.3, 0.4) is 0 Å². The number of carbonyl (C=O) groups is 3. The third kappa shape index (κ3) is 3.58. The molecule has 0 bridgehead atoms. The monoisotopic (exact) mass is 378 g/mol. The average molecular weight is 378 g/mol. The first-order chi connectivity index (χ1) is 13.5. The average Bonchev–Trinajstić information content (AvgIpc) is 2.69. The number of amides is 2. The molecule has 0 spiro atoms. The lowest BCUT2D eigenvalue weighted by molar-refractivity contribution is -0.129. The zero-order valence-electron chi connectivity index (χ0n) is 15.1. The Balaban J connectivity index is 1.60. The van der Waals surface area contributed by atoms with Crippen LogP contribution in [0.5, 0.6) is 0 Å². The summed E-state index contributed by atoms with van der Waals surface area (Å²) in [6.45, 7) is 0. The summed E-state index contributed by atoms with van der Waals surface area (Å²) in [7, 11) is 0. The maximum absolute atomic E-state index is 13.1. The number of ketones is 1. The van der Waals surface area contributed by atoms with E-state index in [9.17, 15) is 18.8 Å². The van der Waals surface area contributed by atoms with E-state index < -0.39 is 17.6 Å². The highest BCUT2D eigenvalue weighted by Gasteiger charge is 2.40. The predicted octanol–water partition coefficient (Wildman–Crippen LogP) is 3.30. The van der Waals surface area contributed by atoms with E-state index in [-0.39, 0.29) is 24.0 Å². The van der Waals surface area contributed by atoms with Gasteiger partial charge in [0, 0.05) is 29.8 Å². The minimum Gasteiger partial charge on any atom is -0.329 e. The van der Waals surface area contributed by atoms with Crippen LogP contribution < -0.4 is 10.6 Å². The molecule has 0 unspecified atom stereocenters. The number of rotatable bonds is 3.